The maximum atomic E-state index is 12.1. The number of rotatable bonds is 6. The number of hydrogen-bond acceptors (Lipinski definition) is 2. The van der Waals surface area contributed by atoms with Crippen molar-refractivity contribution in [2.24, 2.45) is 0 Å². The van der Waals surface area contributed by atoms with Gasteiger partial charge in [0, 0.05) is 32.1 Å². The van der Waals surface area contributed by atoms with Crippen molar-refractivity contribution in [1.29, 1.82) is 0 Å². The topological polar surface area (TPSA) is 49.4 Å². The van der Waals surface area contributed by atoms with Gasteiger partial charge in [-0.3, -0.25) is 9.59 Å². The van der Waals surface area contributed by atoms with Gasteiger partial charge in [0.2, 0.25) is 11.8 Å². The third-order valence-corrected chi connectivity index (χ3v) is 3.98. The fourth-order valence-electron chi connectivity index (χ4n) is 2.52. The van der Waals surface area contributed by atoms with Crippen LogP contribution in [0.1, 0.15) is 30.0 Å². The van der Waals surface area contributed by atoms with E-state index in [1.807, 2.05) is 62.4 Å². The van der Waals surface area contributed by atoms with E-state index in [0.29, 0.717) is 13.1 Å². The highest BCUT2D eigenvalue weighted by Crippen LogP contribution is 2.12. The lowest BCUT2D eigenvalue weighted by atomic mass is 10.1. The van der Waals surface area contributed by atoms with Crippen LogP contribution in [-0.4, -0.2) is 23.3 Å². The second kappa shape index (κ2) is 8.29. The van der Waals surface area contributed by atoms with Gasteiger partial charge in [0.15, 0.2) is 0 Å². The highest BCUT2D eigenvalue weighted by atomic mass is 16.2. The first-order chi connectivity index (χ1) is 11.5. The Morgan fingerprint density at radius 2 is 1.79 bits per heavy atom. The molecule has 0 heterocycles. The average molecular weight is 324 g/mol. The normalized spacial score (nSPS) is 10.3. The van der Waals surface area contributed by atoms with Crippen molar-refractivity contribution in [2.45, 2.75) is 33.7 Å². The van der Waals surface area contributed by atoms with E-state index in [4.69, 9.17) is 0 Å². The van der Waals surface area contributed by atoms with Crippen LogP contribution in [0.5, 0.6) is 0 Å². The highest BCUT2D eigenvalue weighted by molar-refractivity contribution is 5.91. The molecule has 126 valence electrons. The van der Waals surface area contributed by atoms with Crippen LogP contribution < -0.4 is 5.32 Å². The molecular weight excluding hydrogens is 300 g/mol. The molecule has 24 heavy (non-hydrogen) atoms. The van der Waals surface area contributed by atoms with Crippen molar-refractivity contribution in [1.82, 2.24) is 4.90 Å². The molecule has 2 aromatic carbocycles. The molecule has 0 atom stereocenters. The van der Waals surface area contributed by atoms with Gasteiger partial charge in [-0.15, -0.1) is 0 Å². The zero-order chi connectivity index (χ0) is 17.5. The first kappa shape index (κ1) is 17.7. The maximum Gasteiger partial charge on any atom is 0.226 e. The van der Waals surface area contributed by atoms with Crippen molar-refractivity contribution in [2.75, 3.05) is 11.9 Å². The number of nitrogens with one attached hydrogen (secondary N) is 1. The van der Waals surface area contributed by atoms with Gasteiger partial charge in [-0.1, -0.05) is 36.4 Å². The van der Waals surface area contributed by atoms with Gasteiger partial charge >= 0.3 is 0 Å². The Kier molecular flexibility index (Phi) is 6.13. The monoisotopic (exact) mass is 324 g/mol. The Morgan fingerprint density at radius 3 is 2.46 bits per heavy atom. The average Bonchev–Trinajstić information content (AvgIpc) is 2.52. The molecule has 0 fully saturated rings. The van der Waals surface area contributed by atoms with Crippen LogP contribution in [0.3, 0.4) is 0 Å². The van der Waals surface area contributed by atoms with Crippen molar-refractivity contribution in [3.8, 4) is 0 Å². The van der Waals surface area contributed by atoms with E-state index in [1.165, 1.54) is 6.92 Å². The zero-order valence-electron chi connectivity index (χ0n) is 14.5. The number of amides is 2. The van der Waals surface area contributed by atoms with Gasteiger partial charge in [0.1, 0.15) is 0 Å². The Morgan fingerprint density at radius 1 is 1.04 bits per heavy atom. The molecule has 0 bridgehead atoms. The summed E-state index contributed by atoms with van der Waals surface area (Å²) in [6, 6.07) is 15.7. The van der Waals surface area contributed by atoms with Crippen LogP contribution in [0.2, 0.25) is 0 Å². The summed E-state index contributed by atoms with van der Waals surface area (Å²) in [6.07, 6.45) is 0.277. The second-order valence-electron chi connectivity index (χ2n) is 6.03. The van der Waals surface area contributed by atoms with Crippen LogP contribution in [0.4, 0.5) is 5.69 Å². The lowest BCUT2D eigenvalue weighted by Crippen LogP contribution is -2.31. The summed E-state index contributed by atoms with van der Waals surface area (Å²) in [5, 5.41) is 2.88. The van der Waals surface area contributed by atoms with Crippen LogP contribution in [0, 0.1) is 13.8 Å². The lowest BCUT2D eigenvalue weighted by Gasteiger charge is -2.22. The summed E-state index contributed by atoms with van der Waals surface area (Å²) in [5.41, 5.74) is 4.13. The van der Waals surface area contributed by atoms with Crippen molar-refractivity contribution < 1.29 is 9.59 Å². The molecule has 0 aliphatic heterocycles. The number of nitrogens with zero attached hydrogens (tertiary/aromatic N) is 1. The molecule has 0 aliphatic rings. The van der Waals surface area contributed by atoms with Gasteiger partial charge in [-0.2, -0.15) is 0 Å². The van der Waals surface area contributed by atoms with E-state index in [0.717, 1.165) is 22.4 Å². The van der Waals surface area contributed by atoms with E-state index in [-0.39, 0.29) is 18.2 Å². The molecule has 0 aliphatic carbocycles. The molecular formula is C20H24N2O2. The number of aryl methyl sites for hydroxylation is 2. The Labute approximate surface area is 143 Å². The number of benzene rings is 2. The van der Waals surface area contributed by atoms with Gasteiger partial charge in [0.05, 0.1) is 0 Å². The first-order valence-electron chi connectivity index (χ1n) is 8.12. The van der Waals surface area contributed by atoms with E-state index in [1.54, 1.807) is 4.90 Å². The molecule has 0 saturated carbocycles. The van der Waals surface area contributed by atoms with E-state index in [9.17, 15) is 9.59 Å². The molecule has 2 aromatic rings. The van der Waals surface area contributed by atoms with Gasteiger partial charge < -0.3 is 10.2 Å². The molecule has 0 aromatic heterocycles. The van der Waals surface area contributed by atoms with Crippen molar-refractivity contribution in [3.05, 3.63) is 65.2 Å². The molecule has 0 spiro atoms. The minimum absolute atomic E-state index is 0.0263. The number of carbonyl (C=O) groups excluding carboxylic acids is 2. The van der Waals surface area contributed by atoms with Crippen LogP contribution in [0.25, 0.3) is 0 Å². The zero-order valence-corrected chi connectivity index (χ0v) is 14.5. The van der Waals surface area contributed by atoms with Crippen molar-refractivity contribution in [3.63, 3.8) is 0 Å². The quantitative estimate of drug-likeness (QED) is 0.881. The molecule has 2 rings (SSSR count). The maximum absolute atomic E-state index is 12.1. The van der Waals surface area contributed by atoms with E-state index < -0.39 is 0 Å². The first-order valence-corrected chi connectivity index (χ1v) is 8.12. The van der Waals surface area contributed by atoms with Gasteiger partial charge in [-0.25, -0.2) is 0 Å². The Bertz CT molecular complexity index is 725. The van der Waals surface area contributed by atoms with Crippen LogP contribution >= 0.6 is 0 Å². The molecule has 2 amide bonds. The van der Waals surface area contributed by atoms with Crippen molar-refractivity contribution >= 4 is 17.5 Å². The summed E-state index contributed by atoms with van der Waals surface area (Å²) in [6.45, 7) is 6.48. The molecule has 0 radical (unpaired) electrons. The minimum atomic E-state index is -0.0865. The third kappa shape index (κ3) is 5.23. The highest BCUT2D eigenvalue weighted by Gasteiger charge is 2.13. The molecule has 1 N–H and O–H groups in total. The fraction of sp³-hybridized carbons (Fsp3) is 0.300. The summed E-state index contributed by atoms with van der Waals surface area (Å²) < 4.78 is 0. The van der Waals surface area contributed by atoms with E-state index in [2.05, 4.69) is 5.32 Å². The largest absolute Gasteiger partial charge is 0.338 e. The summed E-state index contributed by atoms with van der Waals surface area (Å²) in [5.74, 6) is -0.113. The molecule has 0 unspecified atom stereocenters. The molecule has 4 heteroatoms. The summed E-state index contributed by atoms with van der Waals surface area (Å²) in [4.78, 5) is 25.7. The lowest BCUT2D eigenvalue weighted by molar-refractivity contribution is -0.129. The summed E-state index contributed by atoms with van der Waals surface area (Å²) in [7, 11) is 0. The fourth-order valence-corrected chi connectivity index (χ4v) is 2.52. The molecule has 0 saturated heterocycles. The number of hydrogen-bond donors (Lipinski definition) is 1. The third-order valence-electron chi connectivity index (χ3n) is 3.98. The molecule has 4 nitrogen and oxygen atoms in total. The van der Waals surface area contributed by atoms with Crippen LogP contribution in [-0.2, 0) is 16.1 Å². The summed E-state index contributed by atoms with van der Waals surface area (Å²) >= 11 is 0. The predicted molar refractivity (Wildman–Crippen MR) is 96.7 cm³/mol. The Hall–Kier alpha value is -2.62. The smallest absolute Gasteiger partial charge is 0.226 e. The number of carbonyl (C=O) groups is 2. The Balaban J connectivity index is 1.92. The SMILES string of the molecule is CC(=O)N(CCC(=O)Nc1cccc(C)c1)Cc1ccccc1C. The minimum Gasteiger partial charge on any atom is -0.338 e. The number of anilines is 1. The standard InChI is InChI=1S/C20H24N2O2/c1-15-7-6-10-19(13-15)21-20(24)11-12-22(17(3)23)14-18-9-5-4-8-16(18)2/h4-10,13H,11-12,14H2,1-3H3,(H,21,24). The predicted octanol–water partition coefficient (Wildman–Crippen LogP) is 3.68. The van der Waals surface area contributed by atoms with Gasteiger partial charge in [-0.05, 0) is 42.7 Å². The van der Waals surface area contributed by atoms with Crippen LogP contribution in [0.15, 0.2) is 48.5 Å². The van der Waals surface area contributed by atoms with Gasteiger partial charge in [0.25, 0.3) is 0 Å². The second-order valence-corrected chi connectivity index (χ2v) is 6.03. The van der Waals surface area contributed by atoms with E-state index >= 15 is 0 Å².